The number of ether oxygens (including phenoxy) is 1. The van der Waals surface area contributed by atoms with E-state index in [2.05, 4.69) is 20.9 Å². The second-order valence-electron chi connectivity index (χ2n) is 2.95. The lowest BCUT2D eigenvalue weighted by Gasteiger charge is -2.13. The van der Waals surface area contributed by atoms with Gasteiger partial charge in [0.2, 0.25) is 5.88 Å². The molecule has 0 atom stereocenters. The van der Waals surface area contributed by atoms with Crippen LogP contribution in [0.2, 0.25) is 0 Å². The SMILES string of the molecule is COc1ncc(CBr)c(C(F)F)c1CC#N. The lowest BCUT2D eigenvalue weighted by molar-refractivity contribution is 0.149. The summed E-state index contributed by atoms with van der Waals surface area (Å²) >= 11 is 3.11. The normalized spacial score (nSPS) is 10.2. The highest BCUT2D eigenvalue weighted by Gasteiger charge is 2.21. The number of pyridine rings is 1. The summed E-state index contributed by atoms with van der Waals surface area (Å²) < 4.78 is 30.7. The maximum atomic E-state index is 12.9. The molecule has 16 heavy (non-hydrogen) atoms. The molecule has 0 aliphatic carbocycles. The highest BCUT2D eigenvalue weighted by molar-refractivity contribution is 9.08. The molecule has 1 rings (SSSR count). The Morgan fingerprint density at radius 1 is 1.62 bits per heavy atom. The minimum Gasteiger partial charge on any atom is -0.481 e. The van der Waals surface area contributed by atoms with Gasteiger partial charge in [0, 0.05) is 22.7 Å². The molecular formula is C10H9BrF2N2O. The van der Waals surface area contributed by atoms with Crippen LogP contribution in [0.3, 0.4) is 0 Å². The third-order valence-corrected chi connectivity index (χ3v) is 2.68. The van der Waals surface area contributed by atoms with Crippen molar-refractivity contribution < 1.29 is 13.5 Å². The number of hydrogen-bond acceptors (Lipinski definition) is 3. The molecule has 0 saturated carbocycles. The molecule has 0 N–H and O–H groups in total. The summed E-state index contributed by atoms with van der Waals surface area (Å²) in [5, 5.41) is 8.89. The van der Waals surface area contributed by atoms with Crippen molar-refractivity contribution in [1.82, 2.24) is 4.98 Å². The van der Waals surface area contributed by atoms with E-state index in [1.165, 1.54) is 13.3 Å². The molecule has 6 heteroatoms. The van der Waals surface area contributed by atoms with Crippen molar-refractivity contribution in [2.45, 2.75) is 18.2 Å². The van der Waals surface area contributed by atoms with Gasteiger partial charge >= 0.3 is 0 Å². The van der Waals surface area contributed by atoms with Gasteiger partial charge in [-0.15, -0.1) is 0 Å². The Bertz CT molecular complexity index is 418. The molecule has 86 valence electrons. The van der Waals surface area contributed by atoms with Crippen LogP contribution in [0.4, 0.5) is 8.78 Å². The van der Waals surface area contributed by atoms with E-state index in [1.54, 1.807) is 0 Å². The van der Waals surface area contributed by atoms with Gasteiger partial charge in [-0.25, -0.2) is 13.8 Å². The first kappa shape index (κ1) is 12.8. The zero-order valence-electron chi connectivity index (χ0n) is 8.51. The Morgan fingerprint density at radius 3 is 2.75 bits per heavy atom. The predicted octanol–water partition coefficient (Wildman–Crippen LogP) is 2.99. The summed E-state index contributed by atoms with van der Waals surface area (Å²) in [6, 6.07) is 1.84. The van der Waals surface area contributed by atoms with Gasteiger partial charge in [-0.1, -0.05) is 15.9 Å². The molecule has 0 fully saturated rings. The lowest BCUT2D eigenvalue weighted by Crippen LogP contribution is -2.04. The standard InChI is InChI=1S/C10H9BrF2N2O/c1-16-10-7(2-3-14)8(9(12)13)6(4-11)5-15-10/h5,9H,2,4H2,1H3. The highest BCUT2D eigenvalue weighted by Crippen LogP contribution is 2.32. The first-order chi connectivity index (χ1) is 7.65. The minimum atomic E-state index is -2.65. The average Bonchev–Trinajstić information content (AvgIpc) is 2.28. The van der Waals surface area contributed by atoms with Crippen LogP contribution >= 0.6 is 15.9 Å². The molecule has 1 aromatic heterocycles. The third-order valence-electron chi connectivity index (χ3n) is 2.08. The van der Waals surface area contributed by atoms with E-state index < -0.39 is 6.43 Å². The van der Waals surface area contributed by atoms with Crippen LogP contribution in [0.1, 0.15) is 23.1 Å². The van der Waals surface area contributed by atoms with Crippen LogP contribution in [0.15, 0.2) is 6.20 Å². The molecule has 0 aliphatic heterocycles. The largest absolute Gasteiger partial charge is 0.481 e. The smallest absolute Gasteiger partial charge is 0.264 e. The summed E-state index contributed by atoms with van der Waals surface area (Å²) in [5.74, 6) is 0.0848. The molecule has 0 aromatic carbocycles. The van der Waals surface area contributed by atoms with Crippen LogP contribution in [0.25, 0.3) is 0 Å². The topological polar surface area (TPSA) is 45.9 Å². The first-order valence-corrected chi connectivity index (χ1v) is 5.53. The molecule has 0 bridgehead atoms. The van der Waals surface area contributed by atoms with Gasteiger partial charge in [-0.05, 0) is 5.56 Å². The number of methoxy groups -OCH3 is 1. The van der Waals surface area contributed by atoms with Gasteiger partial charge < -0.3 is 4.74 Å². The zero-order chi connectivity index (χ0) is 12.1. The summed E-state index contributed by atoms with van der Waals surface area (Å²) in [6.07, 6.45) is -1.46. The van der Waals surface area contributed by atoms with Gasteiger partial charge in [0.1, 0.15) is 0 Å². The summed E-state index contributed by atoms with van der Waals surface area (Å²) in [7, 11) is 1.34. The number of nitriles is 1. The Balaban J connectivity index is 3.41. The maximum absolute atomic E-state index is 12.9. The number of alkyl halides is 3. The van der Waals surface area contributed by atoms with E-state index in [9.17, 15) is 8.78 Å². The molecule has 0 saturated heterocycles. The van der Waals surface area contributed by atoms with Crippen molar-refractivity contribution in [2.75, 3.05) is 7.11 Å². The fourth-order valence-electron chi connectivity index (χ4n) is 1.40. The quantitative estimate of drug-likeness (QED) is 0.801. The fourth-order valence-corrected chi connectivity index (χ4v) is 1.84. The molecule has 0 aliphatic rings. The van der Waals surface area contributed by atoms with Gasteiger partial charge in [-0.2, -0.15) is 5.26 Å². The third kappa shape index (κ3) is 2.47. The van der Waals surface area contributed by atoms with Crippen LogP contribution in [0, 0.1) is 11.3 Å². The van der Waals surface area contributed by atoms with Crippen molar-refractivity contribution in [3.63, 3.8) is 0 Å². The number of nitrogens with zero attached hydrogens (tertiary/aromatic N) is 2. The van der Waals surface area contributed by atoms with Crippen molar-refractivity contribution >= 4 is 15.9 Å². The highest BCUT2D eigenvalue weighted by atomic mass is 79.9. The summed E-state index contributed by atoms with van der Waals surface area (Å²) in [5.41, 5.74) is 0.378. The Morgan fingerprint density at radius 2 is 2.31 bits per heavy atom. The molecule has 0 unspecified atom stereocenters. The predicted molar refractivity (Wildman–Crippen MR) is 57.7 cm³/mol. The molecule has 0 radical (unpaired) electrons. The number of halogens is 3. The zero-order valence-corrected chi connectivity index (χ0v) is 10.1. The van der Waals surface area contributed by atoms with Gasteiger partial charge in [0.25, 0.3) is 6.43 Å². The minimum absolute atomic E-state index is 0.0848. The number of hydrogen-bond donors (Lipinski definition) is 0. The molecule has 0 amide bonds. The van der Waals surface area contributed by atoms with Crippen LogP contribution < -0.4 is 4.74 Å². The van der Waals surface area contributed by atoms with Crippen molar-refractivity contribution in [1.29, 1.82) is 5.26 Å². The first-order valence-electron chi connectivity index (χ1n) is 4.41. The van der Waals surface area contributed by atoms with Crippen molar-refractivity contribution in [2.24, 2.45) is 0 Å². The summed E-state index contributed by atoms with van der Waals surface area (Å²) in [6.45, 7) is 0. The van der Waals surface area contributed by atoms with Gasteiger partial charge in [0.05, 0.1) is 19.6 Å². The Kier molecular flexibility index (Phi) is 4.62. The van der Waals surface area contributed by atoms with E-state index in [0.717, 1.165) is 0 Å². The molecule has 0 spiro atoms. The molecular weight excluding hydrogens is 282 g/mol. The number of rotatable bonds is 4. The van der Waals surface area contributed by atoms with Crippen molar-refractivity contribution in [3.05, 3.63) is 22.9 Å². The fraction of sp³-hybridized carbons (Fsp3) is 0.400. The maximum Gasteiger partial charge on any atom is 0.264 e. The second-order valence-corrected chi connectivity index (χ2v) is 3.51. The average molecular weight is 291 g/mol. The monoisotopic (exact) mass is 290 g/mol. The molecule has 3 nitrogen and oxygen atoms in total. The molecule has 1 aromatic rings. The van der Waals surface area contributed by atoms with Crippen LogP contribution in [-0.4, -0.2) is 12.1 Å². The lowest BCUT2D eigenvalue weighted by atomic mass is 10.0. The van der Waals surface area contributed by atoms with E-state index >= 15 is 0 Å². The van der Waals surface area contributed by atoms with E-state index in [-0.39, 0.29) is 28.8 Å². The Hall–Kier alpha value is -1.22. The second kappa shape index (κ2) is 5.75. The van der Waals surface area contributed by atoms with E-state index in [0.29, 0.717) is 5.56 Å². The van der Waals surface area contributed by atoms with E-state index in [4.69, 9.17) is 10.00 Å². The van der Waals surface area contributed by atoms with Gasteiger partial charge in [0.15, 0.2) is 0 Å². The summed E-state index contributed by atoms with van der Waals surface area (Å²) in [4.78, 5) is 3.89. The van der Waals surface area contributed by atoms with Crippen molar-refractivity contribution in [3.8, 4) is 11.9 Å². The van der Waals surface area contributed by atoms with E-state index in [1.807, 2.05) is 6.07 Å². The van der Waals surface area contributed by atoms with Crippen LogP contribution in [0.5, 0.6) is 5.88 Å². The van der Waals surface area contributed by atoms with Gasteiger partial charge in [-0.3, -0.25) is 0 Å². The Labute approximate surface area is 100 Å². The molecule has 1 heterocycles. The number of aromatic nitrogens is 1. The van der Waals surface area contributed by atoms with Crippen LogP contribution in [-0.2, 0) is 11.8 Å².